The van der Waals surface area contributed by atoms with E-state index >= 15 is 0 Å². The molecule has 1 atom stereocenters. The second-order valence-electron chi connectivity index (χ2n) is 8.99. The van der Waals surface area contributed by atoms with Gasteiger partial charge in [-0.3, -0.25) is 9.69 Å². The number of benzene rings is 2. The minimum atomic E-state index is -0.286. The van der Waals surface area contributed by atoms with Crippen LogP contribution in [0.3, 0.4) is 0 Å². The first-order chi connectivity index (χ1) is 16.9. The minimum absolute atomic E-state index is 0.0402. The SMILES string of the molecule is CCOc1cccc2cc(C(C)NC(=O)N3CCN(CC(=O)Nc4cccc(C)c4C)CC3)oc12. The molecule has 1 aliphatic heterocycles. The van der Waals surface area contributed by atoms with E-state index in [1.54, 1.807) is 4.90 Å². The standard InChI is InChI=1S/C27H34N4O4/c1-5-34-23-11-7-9-21-16-24(35-26(21)23)20(4)28-27(33)31-14-12-30(13-15-31)17-25(32)29-22-10-6-8-18(2)19(22)3/h6-11,16,20H,5,12-15,17H2,1-4H3,(H,28,33)(H,29,32). The summed E-state index contributed by atoms with van der Waals surface area (Å²) in [4.78, 5) is 29.2. The maximum atomic E-state index is 12.9. The maximum absolute atomic E-state index is 12.9. The van der Waals surface area contributed by atoms with E-state index < -0.39 is 0 Å². The van der Waals surface area contributed by atoms with Crippen LogP contribution in [0.4, 0.5) is 10.5 Å². The lowest BCUT2D eigenvalue weighted by molar-refractivity contribution is -0.117. The van der Waals surface area contributed by atoms with Crippen LogP contribution in [0.15, 0.2) is 46.9 Å². The third-order valence-corrected chi connectivity index (χ3v) is 6.50. The van der Waals surface area contributed by atoms with Crippen molar-refractivity contribution in [3.05, 3.63) is 59.4 Å². The molecule has 1 aromatic heterocycles. The number of fused-ring (bicyclic) bond motifs is 1. The fourth-order valence-electron chi connectivity index (χ4n) is 4.27. The lowest BCUT2D eigenvalue weighted by Crippen LogP contribution is -2.53. The summed E-state index contributed by atoms with van der Waals surface area (Å²) < 4.78 is 11.7. The van der Waals surface area contributed by atoms with Gasteiger partial charge < -0.3 is 24.7 Å². The number of nitrogens with zero attached hydrogens (tertiary/aromatic N) is 2. The van der Waals surface area contributed by atoms with Crippen LogP contribution in [0.25, 0.3) is 11.0 Å². The van der Waals surface area contributed by atoms with E-state index in [-0.39, 0.29) is 18.0 Å². The number of urea groups is 1. The van der Waals surface area contributed by atoms with Crippen LogP contribution in [0.1, 0.15) is 36.8 Å². The summed E-state index contributed by atoms with van der Waals surface area (Å²) in [6.07, 6.45) is 0. The van der Waals surface area contributed by atoms with Gasteiger partial charge >= 0.3 is 6.03 Å². The molecule has 1 aliphatic rings. The molecule has 0 bridgehead atoms. The van der Waals surface area contributed by atoms with Gasteiger partial charge in [-0.15, -0.1) is 0 Å². The van der Waals surface area contributed by atoms with E-state index in [9.17, 15) is 9.59 Å². The van der Waals surface area contributed by atoms with Gasteiger partial charge in [-0.1, -0.05) is 24.3 Å². The highest BCUT2D eigenvalue weighted by Gasteiger charge is 2.25. The summed E-state index contributed by atoms with van der Waals surface area (Å²) in [7, 11) is 0. The van der Waals surface area contributed by atoms with E-state index in [1.165, 1.54) is 0 Å². The molecule has 35 heavy (non-hydrogen) atoms. The molecule has 3 aromatic rings. The monoisotopic (exact) mass is 478 g/mol. The first-order valence-corrected chi connectivity index (χ1v) is 12.1. The van der Waals surface area contributed by atoms with Crippen LogP contribution in [-0.4, -0.2) is 61.1 Å². The molecular formula is C27H34N4O4. The molecule has 1 fully saturated rings. The van der Waals surface area contributed by atoms with Crippen LogP contribution < -0.4 is 15.4 Å². The number of ether oxygens (including phenoxy) is 1. The molecule has 2 heterocycles. The number of piperazine rings is 1. The zero-order chi connectivity index (χ0) is 24.9. The molecule has 0 spiro atoms. The Bertz CT molecular complexity index is 1200. The van der Waals surface area contributed by atoms with Gasteiger partial charge in [0.1, 0.15) is 5.76 Å². The Labute approximate surface area is 206 Å². The summed E-state index contributed by atoms with van der Waals surface area (Å²) in [5.74, 6) is 1.34. The van der Waals surface area contributed by atoms with Gasteiger partial charge in [0.15, 0.2) is 11.3 Å². The number of amides is 3. The number of nitrogens with one attached hydrogen (secondary N) is 2. The van der Waals surface area contributed by atoms with Crippen LogP contribution in [0.5, 0.6) is 5.75 Å². The fourth-order valence-corrected chi connectivity index (χ4v) is 4.27. The molecule has 4 rings (SSSR count). The molecule has 8 heteroatoms. The Hall–Kier alpha value is -3.52. The third kappa shape index (κ3) is 5.77. The molecule has 0 saturated carbocycles. The van der Waals surface area contributed by atoms with Gasteiger partial charge in [0.2, 0.25) is 5.91 Å². The first kappa shape index (κ1) is 24.6. The number of rotatable bonds is 7. The van der Waals surface area contributed by atoms with Crippen molar-refractivity contribution in [3.63, 3.8) is 0 Å². The zero-order valence-electron chi connectivity index (χ0n) is 20.9. The highest BCUT2D eigenvalue weighted by molar-refractivity contribution is 5.93. The zero-order valence-corrected chi connectivity index (χ0v) is 20.9. The topological polar surface area (TPSA) is 87.0 Å². The van der Waals surface area contributed by atoms with Crippen molar-refractivity contribution < 1.29 is 18.7 Å². The Morgan fingerprint density at radius 3 is 2.57 bits per heavy atom. The van der Waals surface area contributed by atoms with Crippen LogP contribution in [-0.2, 0) is 4.79 Å². The van der Waals surface area contributed by atoms with Gasteiger partial charge in [0, 0.05) is 37.3 Å². The number of carbonyl (C=O) groups excluding carboxylic acids is 2. The highest BCUT2D eigenvalue weighted by Crippen LogP contribution is 2.31. The lowest BCUT2D eigenvalue weighted by atomic mass is 10.1. The molecule has 1 saturated heterocycles. The summed E-state index contributed by atoms with van der Waals surface area (Å²) >= 11 is 0. The molecule has 0 radical (unpaired) electrons. The molecule has 3 amide bonds. The number of carbonyl (C=O) groups is 2. The van der Waals surface area contributed by atoms with E-state index in [4.69, 9.17) is 9.15 Å². The number of hydrogen-bond acceptors (Lipinski definition) is 5. The third-order valence-electron chi connectivity index (χ3n) is 6.50. The first-order valence-electron chi connectivity index (χ1n) is 12.1. The second-order valence-corrected chi connectivity index (χ2v) is 8.99. The van der Waals surface area contributed by atoms with Crippen molar-refractivity contribution in [2.75, 3.05) is 44.6 Å². The Balaban J connectivity index is 1.27. The number of furan rings is 1. The summed E-state index contributed by atoms with van der Waals surface area (Å²) in [6.45, 7) is 11.1. The van der Waals surface area contributed by atoms with Gasteiger partial charge in [-0.05, 0) is 57.0 Å². The molecule has 186 valence electrons. The predicted octanol–water partition coefficient (Wildman–Crippen LogP) is 4.48. The van der Waals surface area contributed by atoms with Crippen molar-refractivity contribution >= 4 is 28.6 Å². The molecular weight excluding hydrogens is 444 g/mol. The van der Waals surface area contributed by atoms with Crippen molar-refractivity contribution in [2.45, 2.75) is 33.7 Å². The minimum Gasteiger partial charge on any atom is -0.490 e. The number of anilines is 1. The van der Waals surface area contributed by atoms with Crippen LogP contribution in [0.2, 0.25) is 0 Å². The Morgan fingerprint density at radius 2 is 1.83 bits per heavy atom. The van der Waals surface area contributed by atoms with E-state index in [0.717, 1.165) is 22.2 Å². The molecule has 1 unspecified atom stereocenters. The average molecular weight is 479 g/mol. The normalized spacial score (nSPS) is 15.1. The quantitative estimate of drug-likeness (QED) is 0.523. The van der Waals surface area contributed by atoms with Gasteiger partial charge in [0.25, 0.3) is 0 Å². The number of para-hydroxylation sites is 1. The molecule has 0 aliphatic carbocycles. The van der Waals surface area contributed by atoms with Crippen LogP contribution in [0, 0.1) is 13.8 Å². The predicted molar refractivity (Wildman–Crippen MR) is 137 cm³/mol. The second kappa shape index (κ2) is 10.8. The summed E-state index contributed by atoms with van der Waals surface area (Å²) in [6, 6.07) is 13.2. The average Bonchev–Trinajstić information content (AvgIpc) is 3.28. The largest absolute Gasteiger partial charge is 0.490 e. The van der Waals surface area contributed by atoms with Crippen molar-refractivity contribution in [2.24, 2.45) is 0 Å². The summed E-state index contributed by atoms with van der Waals surface area (Å²) in [5.41, 5.74) is 3.77. The van der Waals surface area contributed by atoms with Crippen molar-refractivity contribution in [1.82, 2.24) is 15.1 Å². The van der Waals surface area contributed by atoms with Crippen molar-refractivity contribution in [1.29, 1.82) is 0 Å². The Kier molecular flexibility index (Phi) is 7.60. The highest BCUT2D eigenvalue weighted by atomic mass is 16.5. The Morgan fingerprint density at radius 1 is 1.09 bits per heavy atom. The smallest absolute Gasteiger partial charge is 0.318 e. The molecule has 8 nitrogen and oxygen atoms in total. The fraction of sp³-hybridized carbons (Fsp3) is 0.407. The van der Waals surface area contributed by atoms with Crippen LogP contribution >= 0.6 is 0 Å². The number of hydrogen-bond donors (Lipinski definition) is 2. The van der Waals surface area contributed by atoms with Crippen molar-refractivity contribution in [3.8, 4) is 5.75 Å². The number of aryl methyl sites for hydroxylation is 1. The summed E-state index contributed by atoms with van der Waals surface area (Å²) in [5, 5.41) is 6.98. The van der Waals surface area contributed by atoms with Gasteiger partial charge in [-0.25, -0.2) is 4.79 Å². The van der Waals surface area contributed by atoms with E-state index in [1.807, 2.05) is 70.2 Å². The maximum Gasteiger partial charge on any atom is 0.318 e. The van der Waals surface area contributed by atoms with Gasteiger partial charge in [-0.2, -0.15) is 0 Å². The van der Waals surface area contributed by atoms with E-state index in [0.29, 0.717) is 56.4 Å². The lowest BCUT2D eigenvalue weighted by Gasteiger charge is -2.34. The molecule has 2 N–H and O–H groups in total. The van der Waals surface area contributed by atoms with E-state index in [2.05, 4.69) is 15.5 Å². The molecule has 2 aromatic carbocycles. The van der Waals surface area contributed by atoms with Gasteiger partial charge in [0.05, 0.1) is 19.2 Å².